The molecule has 5 heteroatoms. The van der Waals surface area contributed by atoms with E-state index in [1.54, 1.807) is 7.11 Å². The van der Waals surface area contributed by atoms with Crippen LogP contribution in [0, 0.1) is 0 Å². The van der Waals surface area contributed by atoms with Crippen molar-refractivity contribution in [2.24, 2.45) is 5.73 Å². The molecule has 2 rings (SSSR count). The SMILES string of the molecule is COc1ccccc1CCNc1cccc(Br)c1C(N)=S. The molecule has 0 fully saturated rings. The summed E-state index contributed by atoms with van der Waals surface area (Å²) in [5, 5.41) is 3.38. The summed E-state index contributed by atoms with van der Waals surface area (Å²) >= 11 is 8.59. The van der Waals surface area contributed by atoms with Gasteiger partial charge in [0.1, 0.15) is 10.7 Å². The van der Waals surface area contributed by atoms with Crippen molar-refractivity contribution in [3.05, 3.63) is 58.1 Å². The van der Waals surface area contributed by atoms with Gasteiger partial charge in [-0.3, -0.25) is 0 Å². The normalized spacial score (nSPS) is 10.2. The summed E-state index contributed by atoms with van der Waals surface area (Å²) in [5.74, 6) is 0.906. The average Bonchev–Trinajstić information content (AvgIpc) is 2.47. The van der Waals surface area contributed by atoms with Crippen LogP contribution in [0.1, 0.15) is 11.1 Å². The van der Waals surface area contributed by atoms with Crippen molar-refractivity contribution in [1.29, 1.82) is 0 Å². The van der Waals surface area contributed by atoms with Gasteiger partial charge in [0.15, 0.2) is 0 Å². The average molecular weight is 365 g/mol. The molecule has 0 aliphatic rings. The van der Waals surface area contributed by atoms with Gasteiger partial charge >= 0.3 is 0 Å². The third kappa shape index (κ3) is 3.95. The van der Waals surface area contributed by atoms with E-state index in [9.17, 15) is 0 Å². The number of hydrogen-bond donors (Lipinski definition) is 2. The molecule has 0 radical (unpaired) electrons. The molecule has 0 saturated carbocycles. The Morgan fingerprint density at radius 2 is 2.00 bits per heavy atom. The van der Waals surface area contributed by atoms with E-state index < -0.39 is 0 Å². The van der Waals surface area contributed by atoms with Gasteiger partial charge in [0.25, 0.3) is 0 Å². The maximum absolute atomic E-state index is 5.79. The molecule has 2 aromatic carbocycles. The molecule has 0 aromatic heterocycles. The molecular weight excluding hydrogens is 348 g/mol. The number of benzene rings is 2. The van der Waals surface area contributed by atoms with Crippen LogP contribution in [-0.2, 0) is 6.42 Å². The van der Waals surface area contributed by atoms with Gasteiger partial charge in [0.2, 0.25) is 0 Å². The lowest BCUT2D eigenvalue weighted by molar-refractivity contribution is 0.410. The fraction of sp³-hybridized carbons (Fsp3) is 0.188. The van der Waals surface area contributed by atoms with Gasteiger partial charge in [0.05, 0.1) is 7.11 Å². The van der Waals surface area contributed by atoms with E-state index >= 15 is 0 Å². The maximum Gasteiger partial charge on any atom is 0.122 e. The molecule has 0 aliphatic carbocycles. The summed E-state index contributed by atoms with van der Waals surface area (Å²) in [6.07, 6.45) is 0.854. The second kappa shape index (κ2) is 7.43. The second-order valence-corrected chi connectivity index (χ2v) is 5.81. The first-order valence-corrected chi connectivity index (χ1v) is 7.77. The Balaban J connectivity index is 2.07. The number of anilines is 1. The molecule has 21 heavy (non-hydrogen) atoms. The first-order valence-electron chi connectivity index (χ1n) is 6.57. The second-order valence-electron chi connectivity index (χ2n) is 4.52. The zero-order chi connectivity index (χ0) is 15.2. The summed E-state index contributed by atoms with van der Waals surface area (Å²) in [6.45, 7) is 0.770. The van der Waals surface area contributed by atoms with Crippen molar-refractivity contribution in [1.82, 2.24) is 0 Å². The van der Waals surface area contributed by atoms with E-state index in [1.165, 1.54) is 5.56 Å². The summed E-state index contributed by atoms with van der Waals surface area (Å²) in [7, 11) is 1.69. The predicted molar refractivity (Wildman–Crippen MR) is 95.2 cm³/mol. The van der Waals surface area contributed by atoms with Crippen LogP contribution in [0.3, 0.4) is 0 Å². The van der Waals surface area contributed by atoms with Crippen LogP contribution in [0.15, 0.2) is 46.9 Å². The fourth-order valence-corrected chi connectivity index (χ4v) is 3.09. The Hall–Kier alpha value is -1.59. The standard InChI is InChI=1S/C16H17BrN2OS/c1-20-14-8-3-2-5-11(14)9-10-19-13-7-4-6-12(17)15(13)16(18)21/h2-8,19H,9-10H2,1H3,(H2,18,21). The highest BCUT2D eigenvalue weighted by Crippen LogP contribution is 2.25. The van der Waals surface area contributed by atoms with Gasteiger partial charge in [-0.05, 0) is 46.1 Å². The van der Waals surface area contributed by atoms with Crippen LogP contribution in [-0.4, -0.2) is 18.6 Å². The van der Waals surface area contributed by atoms with Crippen molar-refractivity contribution < 1.29 is 4.74 Å². The number of rotatable bonds is 6. The zero-order valence-corrected chi connectivity index (χ0v) is 14.1. The molecule has 0 atom stereocenters. The minimum Gasteiger partial charge on any atom is -0.496 e. The molecule has 0 saturated heterocycles. The number of nitrogens with two attached hydrogens (primary N) is 1. The number of hydrogen-bond acceptors (Lipinski definition) is 3. The van der Waals surface area contributed by atoms with Crippen molar-refractivity contribution in [2.45, 2.75) is 6.42 Å². The Bertz CT molecular complexity index is 646. The number of thiocarbonyl (C=S) groups is 1. The monoisotopic (exact) mass is 364 g/mol. The molecule has 2 aromatic rings. The van der Waals surface area contributed by atoms with Gasteiger partial charge in [-0.25, -0.2) is 0 Å². The van der Waals surface area contributed by atoms with E-state index in [2.05, 4.69) is 27.3 Å². The topological polar surface area (TPSA) is 47.3 Å². The molecular formula is C16H17BrN2OS. The van der Waals surface area contributed by atoms with Crippen LogP contribution in [0.5, 0.6) is 5.75 Å². The molecule has 3 N–H and O–H groups in total. The van der Waals surface area contributed by atoms with Gasteiger partial charge in [-0.15, -0.1) is 0 Å². The van der Waals surface area contributed by atoms with Crippen molar-refractivity contribution in [2.75, 3.05) is 19.0 Å². The number of halogens is 1. The summed E-state index contributed by atoms with van der Waals surface area (Å²) in [5.41, 5.74) is 8.73. The van der Waals surface area contributed by atoms with Crippen molar-refractivity contribution >= 4 is 38.8 Å². The van der Waals surface area contributed by atoms with Gasteiger partial charge < -0.3 is 15.8 Å². The Labute approximate surface area is 138 Å². The highest BCUT2D eigenvalue weighted by molar-refractivity contribution is 9.10. The largest absolute Gasteiger partial charge is 0.496 e. The maximum atomic E-state index is 5.79. The van der Waals surface area contributed by atoms with E-state index in [0.717, 1.165) is 34.4 Å². The summed E-state index contributed by atoms with van der Waals surface area (Å²) in [4.78, 5) is 0.377. The van der Waals surface area contributed by atoms with E-state index in [4.69, 9.17) is 22.7 Å². The Morgan fingerprint density at radius 3 is 2.71 bits per heavy atom. The summed E-state index contributed by atoms with van der Waals surface area (Å²) in [6, 6.07) is 13.9. The molecule has 110 valence electrons. The Morgan fingerprint density at radius 1 is 1.24 bits per heavy atom. The number of nitrogens with one attached hydrogen (secondary N) is 1. The van der Waals surface area contributed by atoms with Gasteiger partial charge in [-0.2, -0.15) is 0 Å². The highest BCUT2D eigenvalue weighted by atomic mass is 79.9. The lowest BCUT2D eigenvalue weighted by Crippen LogP contribution is -2.15. The Kier molecular flexibility index (Phi) is 5.59. The van der Waals surface area contributed by atoms with E-state index in [0.29, 0.717) is 4.99 Å². The highest BCUT2D eigenvalue weighted by Gasteiger charge is 2.09. The third-order valence-electron chi connectivity index (χ3n) is 3.16. The number of para-hydroxylation sites is 1. The lowest BCUT2D eigenvalue weighted by atomic mass is 10.1. The predicted octanol–water partition coefficient (Wildman–Crippen LogP) is 3.75. The van der Waals surface area contributed by atoms with E-state index in [1.807, 2.05) is 36.4 Å². The smallest absolute Gasteiger partial charge is 0.122 e. The van der Waals surface area contributed by atoms with Gasteiger partial charge in [0, 0.05) is 22.3 Å². The quantitative estimate of drug-likeness (QED) is 0.766. The molecule has 0 unspecified atom stereocenters. The first kappa shape index (κ1) is 15.8. The minimum atomic E-state index is 0.377. The molecule has 0 heterocycles. The summed E-state index contributed by atoms with van der Waals surface area (Å²) < 4.78 is 6.25. The fourth-order valence-electron chi connectivity index (χ4n) is 2.16. The van der Waals surface area contributed by atoms with Crippen LogP contribution >= 0.6 is 28.1 Å². The van der Waals surface area contributed by atoms with Crippen molar-refractivity contribution in [3.8, 4) is 5.75 Å². The number of methoxy groups -OCH3 is 1. The van der Waals surface area contributed by atoms with E-state index in [-0.39, 0.29) is 0 Å². The van der Waals surface area contributed by atoms with Crippen molar-refractivity contribution in [3.63, 3.8) is 0 Å². The third-order valence-corrected chi connectivity index (χ3v) is 4.03. The lowest BCUT2D eigenvalue weighted by Gasteiger charge is -2.13. The molecule has 0 aliphatic heterocycles. The molecule has 0 spiro atoms. The van der Waals surface area contributed by atoms with Crippen LogP contribution < -0.4 is 15.8 Å². The molecule has 3 nitrogen and oxygen atoms in total. The zero-order valence-electron chi connectivity index (χ0n) is 11.7. The van der Waals surface area contributed by atoms with Gasteiger partial charge in [-0.1, -0.05) is 36.5 Å². The minimum absolute atomic E-state index is 0.377. The van der Waals surface area contributed by atoms with Crippen LogP contribution in [0.4, 0.5) is 5.69 Å². The van der Waals surface area contributed by atoms with Crippen LogP contribution in [0.2, 0.25) is 0 Å². The molecule has 0 amide bonds. The molecule has 0 bridgehead atoms. The number of ether oxygens (including phenoxy) is 1. The van der Waals surface area contributed by atoms with Crippen LogP contribution in [0.25, 0.3) is 0 Å². The first-order chi connectivity index (χ1) is 10.1.